The second kappa shape index (κ2) is 10.1. The summed E-state index contributed by atoms with van der Waals surface area (Å²) in [5, 5.41) is 40.4. The molecule has 1 saturated heterocycles. The third-order valence-corrected chi connectivity index (χ3v) is 7.32. The van der Waals surface area contributed by atoms with Gasteiger partial charge in [0, 0.05) is 11.2 Å². The van der Waals surface area contributed by atoms with Crippen molar-refractivity contribution in [3.05, 3.63) is 69.7 Å². The number of rotatable bonds is 7. The van der Waals surface area contributed by atoms with Crippen molar-refractivity contribution in [2.75, 3.05) is 26.1 Å². The van der Waals surface area contributed by atoms with E-state index in [1.54, 1.807) is 25.5 Å². The van der Waals surface area contributed by atoms with E-state index in [0.717, 1.165) is 23.1 Å². The third-order valence-electron chi connectivity index (χ3n) is 5.65. The van der Waals surface area contributed by atoms with Crippen LogP contribution in [0.4, 0.5) is 0 Å². The van der Waals surface area contributed by atoms with E-state index in [0.29, 0.717) is 23.2 Å². The van der Waals surface area contributed by atoms with E-state index in [2.05, 4.69) is 0 Å². The smallest absolute Gasteiger partial charge is 0.113 e. The first kappa shape index (κ1) is 24.4. The zero-order chi connectivity index (χ0) is 22.8. The van der Waals surface area contributed by atoms with Crippen molar-refractivity contribution in [3.63, 3.8) is 0 Å². The van der Waals surface area contributed by atoms with Gasteiger partial charge in [-0.15, -0.1) is 0 Å². The molecule has 0 amide bonds. The van der Waals surface area contributed by atoms with Gasteiger partial charge in [-0.05, 0) is 54.5 Å². The minimum atomic E-state index is -2.04. The van der Waals surface area contributed by atoms with E-state index >= 15 is 0 Å². The Morgan fingerprint density at radius 3 is 2.23 bits per heavy atom. The van der Waals surface area contributed by atoms with Gasteiger partial charge in [0.1, 0.15) is 30.5 Å². The van der Waals surface area contributed by atoms with Crippen LogP contribution in [-0.2, 0) is 22.1 Å². The van der Waals surface area contributed by atoms with Gasteiger partial charge in [-0.1, -0.05) is 48.0 Å². The fourth-order valence-corrected chi connectivity index (χ4v) is 4.71. The maximum absolute atomic E-state index is 11.9. The van der Waals surface area contributed by atoms with E-state index in [1.165, 1.54) is 0 Å². The highest BCUT2D eigenvalue weighted by atomic mass is 35.5. The Hall–Kier alpha value is -1.24. The van der Waals surface area contributed by atoms with Crippen LogP contribution in [0.25, 0.3) is 0 Å². The number of benzene rings is 2. The summed E-state index contributed by atoms with van der Waals surface area (Å²) in [6.07, 6.45) is -4.00. The highest BCUT2D eigenvalue weighted by Gasteiger charge is 2.44. The van der Waals surface area contributed by atoms with E-state index in [4.69, 9.17) is 16.3 Å². The first-order chi connectivity index (χ1) is 14.6. The van der Waals surface area contributed by atoms with Crippen molar-refractivity contribution in [2.45, 2.75) is 43.4 Å². The van der Waals surface area contributed by atoms with Gasteiger partial charge in [0.25, 0.3) is 0 Å². The lowest BCUT2D eigenvalue weighted by atomic mass is 9.90. The molecule has 170 valence electrons. The number of aliphatic hydroxyl groups is 4. The fraction of sp³-hybridized carbons (Fsp3) is 0.478. The van der Waals surface area contributed by atoms with Gasteiger partial charge >= 0.3 is 0 Å². The lowest BCUT2D eigenvalue weighted by Crippen LogP contribution is -2.55. The molecular formula is C23H30ClO6P. The Labute approximate surface area is 187 Å². The lowest BCUT2D eigenvalue weighted by molar-refractivity contribution is -0.231. The first-order valence-electron chi connectivity index (χ1n) is 10.3. The van der Waals surface area contributed by atoms with E-state index in [1.807, 2.05) is 30.3 Å². The van der Waals surface area contributed by atoms with Gasteiger partial charge in [0.15, 0.2) is 0 Å². The molecule has 8 heteroatoms. The predicted molar refractivity (Wildman–Crippen MR) is 121 cm³/mol. The second-order valence-electron chi connectivity index (χ2n) is 8.64. The molecule has 1 heterocycles. The summed E-state index contributed by atoms with van der Waals surface area (Å²) in [6.45, 7) is 3.12. The summed E-state index contributed by atoms with van der Waals surface area (Å²) in [5.41, 5.74) is 3.62. The number of hydrogen-bond acceptors (Lipinski definition) is 6. The molecule has 0 bridgehead atoms. The Morgan fingerprint density at radius 2 is 1.61 bits per heavy atom. The summed E-state index contributed by atoms with van der Waals surface area (Å²) in [5.74, 6) is 0. The molecule has 0 radical (unpaired) electrons. The van der Waals surface area contributed by atoms with Crippen molar-refractivity contribution in [3.8, 4) is 0 Å². The van der Waals surface area contributed by atoms with Crippen LogP contribution < -0.4 is 0 Å². The quantitative estimate of drug-likeness (QED) is 0.465. The molecule has 0 spiro atoms. The molecule has 6 nitrogen and oxygen atoms in total. The van der Waals surface area contributed by atoms with Crippen molar-refractivity contribution in [2.24, 2.45) is 0 Å². The van der Waals surface area contributed by atoms with Crippen LogP contribution in [0.5, 0.6) is 0 Å². The van der Waals surface area contributed by atoms with Crippen LogP contribution in [0.3, 0.4) is 0 Å². The molecule has 5 atom stereocenters. The van der Waals surface area contributed by atoms with Gasteiger partial charge in [-0.2, -0.15) is 0 Å². The molecule has 0 aliphatic carbocycles. The average Bonchev–Trinajstić information content (AvgIpc) is 2.73. The minimum Gasteiger partial charge on any atom is -0.394 e. The molecule has 0 aromatic heterocycles. The molecule has 0 unspecified atom stereocenters. The second-order valence-corrected chi connectivity index (χ2v) is 12.6. The van der Waals surface area contributed by atoms with Gasteiger partial charge < -0.3 is 29.7 Å². The molecule has 1 fully saturated rings. The van der Waals surface area contributed by atoms with Crippen LogP contribution in [0.1, 0.15) is 28.4 Å². The van der Waals surface area contributed by atoms with E-state index in [9.17, 15) is 25.0 Å². The van der Waals surface area contributed by atoms with E-state index < -0.39 is 44.3 Å². The number of aliphatic hydroxyl groups excluding tert-OH is 4. The van der Waals surface area contributed by atoms with Crippen molar-refractivity contribution in [1.82, 2.24) is 0 Å². The SMILES string of the molecule is CP(C)(=O)CCc1ccc(Cc2cc([C@@H]3O[C@H](CO)[C@@H](O)[C@H](O)[C@H]3O)ccc2Cl)cc1. The van der Waals surface area contributed by atoms with Crippen LogP contribution in [-0.4, -0.2) is 70.9 Å². The van der Waals surface area contributed by atoms with Crippen LogP contribution in [0.2, 0.25) is 5.02 Å². The first-order valence-corrected chi connectivity index (χ1v) is 13.5. The largest absolute Gasteiger partial charge is 0.394 e. The molecule has 3 rings (SSSR count). The molecule has 4 N–H and O–H groups in total. The van der Waals surface area contributed by atoms with Crippen molar-refractivity contribution in [1.29, 1.82) is 0 Å². The average molecular weight is 469 g/mol. The molecular weight excluding hydrogens is 439 g/mol. The Morgan fingerprint density at radius 1 is 0.968 bits per heavy atom. The van der Waals surface area contributed by atoms with Gasteiger partial charge in [0.2, 0.25) is 0 Å². The van der Waals surface area contributed by atoms with Crippen LogP contribution in [0, 0.1) is 0 Å². The monoisotopic (exact) mass is 468 g/mol. The Bertz CT molecular complexity index is 926. The molecule has 2 aromatic rings. The van der Waals surface area contributed by atoms with Crippen molar-refractivity contribution < 1.29 is 29.7 Å². The number of hydrogen-bond donors (Lipinski definition) is 4. The molecule has 31 heavy (non-hydrogen) atoms. The topological polar surface area (TPSA) is 107 Å². The minimum absolute atomic E-state index is 0.472. The number of halogens is 1. The highest BCUT2D eigenvalue weighted by Crippen LogP contribution is 2.36. The fourth-order valence-electron chi connectivity index (χ4n) is 3.73. The van der Waals surface area contributed by atoms with Crippen LogP contribution in [0.15, 0.2) is 42.5 Å². The van der Waals surface area contributed by atoms with Crippen molar-refractivity contribution >= 4 is 18.7 Å². The van der Waals surface area contributed by atoms with E-state index in [-0.39, 0.29) is 0 Å². The zero-order valence-electron chi connectivity index (χ0n) is 17.7. The Balaban J connectivity index is 1.76. The molecule has 0 saturated carbocycles. The van der Waals surface area contributed by atoms with Crippen LogP contribution >= 0.6 is 18.7 Å². The highest BCUT2D eigenvalue weighted by molar-refractivity contribution is 7.62. The summed E-state index contributed by atoms with van der Waals surface area (Å²) < 4.78 is 17.6. The summed E-state index contributed by atoms with van der Waals surface area (Å²) in [4.78, 5) is 0. The lowest BCUT2D eigenvalue weighted by Gasteiger charge is -2.40. The summed E-state index contributed by atoms with van der Waals surface area (Å²) in [6, 6.07) is 13.3. The summed E-state index contributed by atoms with van der Waals surface area (Å²) >= 11 is 6.40. The number of aryl methyl sites for hydroxylation is 1. The van der Waals surface area contributed by atoms with Gasteiger partial charge in [-0.25, -0.2) is 0 Å². The molecule has 1 aliphatic heterocycles. The summed E-state index contributed by atoms with van der Waals surface area (Å²) in [7, 11) is -2.04. The maximum atomic E-state index is 11.9. The third kappa shape index (κ3) is 6.17. The van der Waals surface area contributed by atoms with Gasteiger partial charge in [0.05, 0.1) is 13.7 Å². The van der Waals surface area contributed by atoms with Gasteiger partial charge in [-0.3, -0.25) is 0 Å². The Kier molecular flexibility index (Phi) is 7.98. The predicted octanol–water partition coefficient (Wildman–Crippen LogP) is 2.61. The maximum Gasteiger partial charge on any atom is 0.113 e. The normalized spacial score (nSPS) is 26.7. The molecule has 2 aromatic carbocycles. The standard InChI is InChI=1S/C23H30ClO6P/c1-31(2,29)10-9-14-3-5-15(6-4-14)11-17-12-16(7-8-18(17)24)23-22(28)21(27)20(26)19(13-25)30-23/h3-8,12,19-23,25-28H,9-11,13H2,1-2H3/t19-,20-,21+,22-,23+/m1/s1. The zero-order valence-corrected chi connectivity index (χ0v) is 19.3. The number of ether oxygens (including phenoxy) is 1. The molecule has 1 aliphatic rings.